The SMILES string of the molecule is CC1CCCCCN1c1cccnc1C#N. The molecule has 0 radical (unpaired) electrons. The highest BCUT2D eigenvalue weighted by atomic mass is 15.2. The summed E-state index contributed by atoms with van der Waals surface area (Å²) in [5.74, 6) is 0. The van der Waals surface area contributed by atoms with Gasteiger partial charge in [-0.25, -0.2) is 4.98 Å². The first-order chi connectivity index (χ1) is 7.83. The van der Waals surface area contributed by atoms with Gasteiger partial charge in [-0.3, -0.25) is 0 Å². The summed E-state index contributed by atoms with van der Waals surface area (Å²) in [4.78, 5) is 6.47. The van der Waals surface area contributed by atoms with E-state index in [4.69, 9.17) is 5.26 Å². The van der Waals surface area contributed by atoms with Gasteiger partial charge in [-0.05, 0) is 31.9 Å². The van der Waals surface area contributed by atoms with Crippen molar-refractivity contribution in [3.8, 4) is 6.07 Å². The van der Waals surface area contributed by atoms with Crippen LogP contribution < -0.4 is 4.90 Å². The molecule has 3 nitrogen and oxygen atoms in total. The molecule has 1 saturated heterocycles. The lowest BCUT2D eigenvalue weighted by molar-refractivity contribution is 0.615. The summed E-state index contributed by atoms with van der Waals surface area (Å²) in [6.45, 7) is 3.28. The van der Waals surface area contributed by atoms with E-state index in [0.29, 0.717) is 11.7 Å². The Morgan fingerprint density at radius 1 is 1.44 bits per heavy atom. The summed E-state index contributed by atoms with van der Waals surface area (Å²) in [5.41, 5.74) is 1.55. The summed E-state index contributed by atoms with van der Waals surface area (Å²) < 4.78 is 0. The van der Waals surface area contributed by atoms with Crippen molar-refractivity contribution < 1.29 is 0 Å². The monoisotopic (exact) mass is 215 g/mol. The highest BCUT2D eigenvalue weighted by Crippen LogP contribution is 2.25. The van der Waals surface area contributed by atoms with Gasteiger partial charge in [0.2, 0.25) is 0 Å². The maximum atomic E-state index is 9.07. The van der Waals surface area contributed by atoms with Crippen LogP contribution in [0.25, 0.3) is 0 Å². The molecule has 0 bridgehead atoms. The van der Waals surface area contributed by atoms with Crippen LogP contribution in [-0.2, 0) is 0 Å². The Hall–Kier alpha value is -1.56. The smallest absolute Gasteiger partial charge is 0.163 e. The van der Waals surface area contributed by atoms with Gasteiger partial charge in [0.1, 0.15) is 6.07 Å². The molecular weight excluding hydrogens is 198 g/mol. The topological polar surface area (TPSA) is 39.9 Å². The molecule has 1 aromatic heterocycles. The van der Waals surface area contributed by atoms with Gasteiger partial charge in [0.25, 0.3) is 0 Å². The van der Waals surface area contributed by atoms with E-state index < -0.39 is 0 Å². The van der Waals surface area contributed by atoms with Gasteiger partial charge < -0.3 is 4.90 Å². The highest BCUT2D eigenvalue weighted by Gasteiger charge is 2.19. The Balaban J connectivity index is 2.31. The number of hydrogen-bond acceptors (Lipinski definition) is 3. The third kappa shape index (κ3) is 2.16. The Morgan fingerprint density at radius 2 is 2.31 bits per heavy atom. The maximum absolute atomic E-state index is 9.07. The zero-order chi connectivity index (χ0) is 11.4. The molecule has 2 heterocycles. The molecule has 0 aliphatic carbocycles. The molecule has 0 N–H and O–H groups in total. The van der Waals surface area contributed by atoms with Gasteiger partial charge in [-0.15, -0.1) is 0 Å². The van der Waals surface area contributed by atoms with E-state index >= 15 is 0 Å². The van der Waals surface area contributed by atoms with E-state index in [0.717, 1.165) is 12.2 Å². The van der Waals surface area contributed by atoms with Gasteiger partial charge in [0.05, 0.1) is 5.69 Å². The van der Waals surface area contributed by atoms with Crippen LogP contribution in [0.15, 0.2) is 18.3 Å². The molecular formula is C13H17N3. The maximum Gasteiger partial charge on any atom is 0.163 e. The quantitative estimate of drug-likeness (QED) is 0.723. The molecule has 1 atom stereocenters. The first-order valence-electron chi connectivity index (χ1n) is 5.94. The highest BCUT2D eigenvalue weighted by molar-refractivity contribution is 5.56. The molecule has 0 spiro atoms. The van der Waals surface area contributed by atoms with Gasteiger partial charge in [0, 0.05) is 18.8 Å². The van der Waals surface area contributed by atoms with Gasteiger partial charge in [0.15, 0.2) is 5.69 Å². The molecule has 1 fully saturated rings. The van der Waals surface area contributed by atoms with E-state index in [2.05, 4.69) is 22.9 Å². The number of pyridine rings is 1. The largest absolute Gasteiger partial charge is 0.366 e. The standard InChI is InChI=1S/C13H17N3/c1-11-6-3-2-4-9-16(11)13-7-5-8-15-12(13)10-14/h5,7-8,11H,2-4,6,9H2,1H3. The fraction of sp³-hybridized carbons (Fsp3) is 0.538. The number of nitriles is 1. The van der Waals surface area contributed by atoms with Gasteiger partial charge in [-0.1, -0.05) is 12.8 Å². The molecule has 16 heavy (non-hydrogen) atoms. The Bertz CT molecular complexity index is 394. The van der Waals surface area contributed by atoms with Crippen LogP contribution in [-0.4, -0.2) is 17.6 Å². The average Bonchev–Trinajstić information content (AvgIpc) is 2.54. The summed E-state index contributed by atoms with van der Waals surface area (Å²) in [7, 11) is 0. The molecule has 1 aliphatic heterocycles. The molecule has 2 rings (SSSR count). The lowest BCUT2D eigenvalue weighted by atomic mass is 10.1. The zero-order valence-electron chi connectivity index (χ0n) is 9.69. The number of anilines is 1. The van der Waals surface area contributed by atoms with E-state index in [1.165, 1.54) is 25.7 Å². The van der Waals surface area contributed by atoms with E-state index in [9.17, 15) is 0 Å². The van der Waals surface area contributed by atoms with E-state index in [-0.39, 0.29) is 0 Å². The predicted octanol–water partition coefficient (Wildman–Crippen LogP) is 2.72. The molecule has 1 unspecified atom stereocenters. The summed E-state index contributed by atoms with van der Waals surface area (Å²) in [6.07, 6.45) is 6.69. The van der Waals surface area contributed by atoms with Crippen LogP contribution in [0.5, 0.6) is 0 Å². The third-order valence-electron chi connectivity index (χ3n) is 3.25. The van der Waals surface area contributed by atoms with Crippen molar-refractivity contribution in [1.82, 2.24) is 4.98 Å². The molecule has 1 aliphatic rings. The second-order valence-electron chi connectivity index (χ2n) is 4.37. The van der Waals surface area contributed by atoms with Crippen molar-refractivity contribution in [1.29, 1.82) is 5.26 Å². The van der Waals surface area contributed by atoms with Crippen molar-refractivity contribution in [2.75, 3.05) is 11.4 Å². The molecule has 0 amide bonds. The fourth-order valence-electron chi connectivity index (χ4n) is 2.35. The number of aromatic nitrogens is 1. The first kappa shape index (κ1) is 10.9. The zero-order valence-corrected chi connectivity index (χ0v) is 9.69. The Morgan fingerprint density at radius 3 is 3.12 bits per heavy atom. The van der Waals surface area contributed by atoms with Crippen molar-refractivity contribution in [3.63, 3.8) is 0 Å². The first-order valence-corrected chi connectivity index (χ1v) is 5.94. The van der Waals surface area contributed by atoms with Crippen molar-refractivity contribution >= 4 is 5.69 Å². The van der Waals surface area contributed by atoms with Crippen LogP contribution in [0.2, 0.25) is 0 Å². The summed E-state index contributed by atoms with van der Waals surface area (Å²) in [5, 5.41) is 9.07. The van der Waals surface area contributed by atoms with E-state index in [1.54, 1.807) is 6.20 Å². The van der Waals surface area contributed by atoms with Crippen molar-refractivity contribution in [2.45, 2.75) is 38.6 Å². The minimum absolute atomic E-state index is 0.513. The second-order valence-corrected chi connectivity index (χ2v) is 4.37. The second kappa shape index (κ2) is 4.98. The molecule has 3 heteroatoms. The molecule has 1 aromatic rings. The van der Waals surface area contributed by atoms with Crippen LogP contribution in [0.3, 0.4) is 0 Å². The van der Waals surface area contributed by atoms with Crippen LogP contribution in [0.4, 0.5) is 5.69 Å². The van der Waals surface area contributed by atoms with E-state index in [1.807, 2.05) is 12.1 Å². The minimum atomic E-state index is 0.513. The lowest BCUT2D eigenvalue weighted by Gasteiger charge is -2.29. The van der Waals surface area contributed by atoms with Crippen molar-refractivity contribution in [3.05, 3.63) is 24.0 Å². The summed E-state index contributed by atoms with van der Waals surface area (Å²) >= 11 is 0. The van der Waals surface area contributed by atoms with Crippen LogP contribution in [0, 0.1) is 11.3 Å². The van der Waals surface area contributed by atoms with Gasteiger partial charge >= 0.3 is 0 Å². The van der Waals surface area contributed by atoms with Crippen LogP contribution in [0.1, 0.15) is 38.3 Å². The summed E-state index contributed by atoms with van der Waals surface area (Å²) in [6, 6.07) is 6.61. The predicted molar refractivity (Wildman–Crippen MR) is 64.2 cm³/mol. The van der Waals surface area contributed by atoms with Gasteiger partial charge in [-0.2, -0.15) is 5.26 Å². The van der Waals surface area contributed by atoms with Crippen LogP contribution >= 0.6 is 0 Å². The third-order valence-corrected chi connectivity index (χ3v) is 3.25. The molecule has 0 aromatic carbocycles. The lowest BCUT2D eigenvalue weighted by Crippen LogP contribution is -2.33. The molecule has 0 saturated carbocycles. The Kier molecular flexibility index (Phi) is 3.40. The Labute approximate surface area is 96.7 Å². The fourth-order valence-corrected chi connectivity index (χ4v) is 2.35. The van der Waals surface area contributed by atoms with Crippen molar-refractivity contribution in [2.24, 2.45) is 0 Å². The number of rotatable bonds is 1. The minimum Gasteiger partial charge on any atom is -0.366 e. The molecule has 84 valence electrons. The number of nitrogens with zero attached hydrogens (tertiary/aromatic N) is 3. The normalized spacial score (nSPS) is 21.2. The number of hydrogen-bond donors (Lipinski definition) is 0. The average molecular weight is 215 g/mol.